The molecule has 112 valence electrons. The molecule has 0 aliphatic rings. The van der Waals surface area contributed by atoms with E-state index in [2.05, 4.69) is 22.5 Å². The maximum absolute atomic E-state index is 12.4. The van der Waals surface area contributed by atoms with E-state index in [0.29, 0.717) is 10.6 Å². The number of anilines is 1. The monoisotopic (exact) mass is 323 g/mol. The molecule has 0 radical (unpaired) electrons. The number of nitrogens with one attached hydrogen (secondary N) is 2. The largest absolute Gasteiger partial charge is 0.387 e. The number of hydrogen-bond donors (Lipinski definition) is 2. The molecule has 1 atom stereocenters. The van der Waals surface area contributed by atoms with E-state index in [1.165, 1.54) is 4.88 Å². The van der Waals surface area contributed by atoms with Gasteiger partial charge in [0.25, 0.3) is 5.91 Å². The highest BCUT2D eigenvalue weighted by atomic mass is 35.5. The Balaban J connectivity index is 2.15. The third kappa shape index (κ3) is 3.74. The van der Waals surface area contributed by atoms with Crippen LogP contribution in [0.4, 0.5) is 5.69 Å². The van der Waals surface area contributed by atoms with Gasteiger partial charge in [0.1, 0.15) is 5.01 Å². The second-order valence-corrected chi connectivity index (χ2v) is 6.24. The van der Waals surface area contributed by atoms with Gasteiger partial charge in [-0.15, -0.1) is 11.3 Å². The summed E-state index contributed by atoms with van der Waals surface area (Å²) in [5.74, 6) is -0.164. The Morgan fingerprint density at radius 1 is 1.48 bits per heavy atom. The first-order valence-corrected chi connectivity index (χ1v) is 7.97. The van der Waals surface area contributed by atoms with Crippen LogP contribution in [0.15, 0.2) is 24.4 Å². The van der Waals surface area contributed by atoms with Gasteiger partial charge in [-0.05, 0) is 31.5 Å². The van der Waals surface area contributed by atoms with Crippen molar-refractivity contribution in [3.63, 3.8) is 0 Å². The Morgan fingerprint density at radius 2 is 2.24 bits per heavy atom. The molecule has 6 heteroatoms. The number of rotatable bonds is 5. The summed E-state index contributed by atoms with van der Waals surface area (Å²) in [4.78, 5) is 18.0. The SMILES string of the molecule is CCc1cnc(C(C)NC(=O)c2cc(Cl)ccc2NC)s1. The molecule has 0 spiro atoms. The Kier molecular flexibility index (Phi) is 5.20. The van der Waals surface area contributed by atoms with Gasteiger partial charge in [-0.2, -0.15) is 0 Å². The molecule has 1 heterocycles. The second kappa shape index (κ2) is 6.91. The van der Waals surface area contributed by atoms with Gasteiger partial charge >= 0.3 is 0 Å². The maximum Gasteiger partial charge on any atom is 0.253 e. The summed E-state index contributed by atoms with van der Waals surface area (Å²) in [6.45, 7) is 4.02. The molecule has 4 nitrogen and oxygen atoms in total. The van der Waals surface area contributed by atoms with E-state index < -0.39 is 0 Å². The Hall–Kier alpha value is -1.59. The minimum Gasteiger partial charge on any atom is -0.387 e. The average molecular weight is 324 g/mol. The summed E-state index contributed by atoms with van der Waals surface area (Å²) in [6.07, 6.45) is 2.82. The number of thiazole rings is 1. The van der Waals surface area contributed by atoms with Gasteiger partial charge in [0.2, 0.25) is 0 Å². The third-order valence-corrected chi connectivity index (χ3v) is 4.69. The summed E-state index contributed by atoms with van der Waals surface area (Å²) < 4.78 is 0. The van der Waals surface area contributed by atoms with Crippen LogP contribution in [0.3, 0.4) is 0 Å². The van der Waals surface area contributed by atoms with Crippen molar-refractivity contribution in [3.8, 4) is 0 Å². The number of amides is 1. The summed E-state index contributed by atoms with van der Waals surface area (Å²) in [7, 11) is 1.78. The molecule has 0 bridgehead atoms. The molecule has 2 rings (SSSR count). The fourth-order valence-electron chi connectivity index (χ4n) is 1.94. The number of aromatic nitrogens is 1. The quantitative estimate of drug-likeness (QED) is 0.877. The zero-order valence-electron chi connectivity index (χ0n) is 12.2. The number of halogens is 1. The van der Waals surface area contributed by atoms with Crippen LogP contribution in [0.5, 0.6) is 0 Å². The second-order valence-electron chi connectivity index (χ2n) is 4.65. The first kappa shape index (κ1) is 15.8. The van der Waals surface area contributed by atoms with E-state index in [4.69, 9.17) is 11.6 Å². The van der Waals surface area contributed by atoms with E-state index in [0.717, 1.165) is 17.1 Å². The third-order valence-electron chi connectivity index (χ3n) is 3.13. The Morgan fingerprint density at radius 3 is 2.86 bits per heavy atom. The van der Waals surface area contributed by atoms with Crippen LogP contribution >= 0.6 is 22.9 Å². The molecule has 1 amide bonds. The van der Waals surface area contributed by atoms with Crippen molar-refractivity contribution in [2.24, 2.45) is 0 Å². The molecule has 21 heavy (non-hydrogen) atoms. The standard InChI is InChI=1S/C15H18ClN3OS/c1-4-11-8-18-15(21-11)9(2)19-14(20)12-7-10(16)5-6-13(12)17-3/h5-9,17H,4H2,1-3H3,(H,19,20). The lowest BCUT2D eigenvalue weighted by atomic mass is 10.1. The topological polar surface area (TPSA) is 54.0 Å². The van der Waals surface area contributed by atoms with Crippen molar-refractivity contribution in [3.05, 3.63) is 44.9 Å². The molecule has 0 saturated carbocycles. The molecule has 2 N–H and O–H groups in total. The molecule has 1 aromatic heterocycles. The van der Waals surface area contributed by atoms with Gasteiger partial charge in [-0.1, -0.05) is 18.5 Å². The fraction of sp³-hybridized carbons (Fsp3) is 0.333. The highest BCUT2D eigenvalue weighted by Gasteiger charge is 2.17. The minimum absolute atomic E-state index is 0.133. The van der Waals surface area contributed by atoms with Gasteiger partial charge in [-0.3, -0.25) is 4.79 Å². The maximum atomic E-state index is 12.4. The Labute approximate surface area is 133 Å². The zero-order chi connectivity index (χ0) is 15.4. The zero-order valence-corrected chi connectivity index (χ0v) is 13.8. The van der Waals surface area contributed by atoms with Gasteiger partial charge in [0, 0.05) is 28.8 Å². The molecule has 0 aliphatic heterocycles. The lowest BCUT2D eigenvalue weighted by molar-refractivity contribution is 0.0940. The molecule has 0 saturated heterocycles. The van der Waals surface area contributed by atoms with Crippen LogP contribution in [-0.4, -0.2) is 17.9 Å². The summed E-state index contributed by atoms with van der Waals surface area (Å²) in [6, 6.07) is 5.07. The van der Waals surface area contributed by atoms with Crippen LogP contribution in [0.25, 0.3) is 0 Å². The average Bonchev–Trinajstić information content (AvgIpc) is 2.96. The smallest absolute Gasteiger partial charge is 0.253 e. The predicted octanol–water partition coefficient (Wildman–Crippen LogP) is 3.89. The Bertz CT molecular complexity index is 642. The van der Waals surface area contributed by atoms with Crippen molar-refractivity contribution >= 4 is 34.5 Å². The number of benzene rings is 1. The van der Waals surface area contributed by atoms with E-state index in [9.17, 15) is 4.79 Å². The van der Waals surface area contributed by atoms with Gasteiger partial charge in [0.15, 0.2) is 0 Å². The van der Waals surface area contributed by atoms with Crippen molar-refractivity contribution in [1.29, 1.82) is 0 Å². The van der Waals surface area contributed by atoms with Crippen molar-refractivity contribution in [1.82, 2.24) is 10.3 Å². The van der Waals surface area contributed by atoms with E-state index in [1.54, 1.807) is 36.6 Å². The highest BCUT2D eigenvalue weighted by molar-refractivity contribution is 7.11. The normalized spacial score (nSPS) is 12.0. The molecule has 0 aliphatic carbocycles. The number of nitrogens with zero attached hydrogens (tertiary/aromatic N) is 1. The molecule has 2 aromatic rings. The van der Waals surface area contributed by atoms with Crippen LogP contribution < -0.4 is 10.6 Å². The van der Waals surface area contributed by atoms with Crippen molar-refractivity contribution in [2.75, 3.05) is 12.4 Å². The van der Waals surface area contributed by atoms with Crippen LogP contribution in [-0.2, 0) is 6.42 Å². The van der Waals surface area contributed by atoms with Crippen molar-refractivity contribution in [2.45, 2.75) is 26.3 Å². The summed E-state index contributed by atoms with van der Waals surface area (Å²) in [5.41, 5.74) is 1.28. The number of aryl methyl sites for hydroxylation is 1. The van der Waals surface area contributed by atoms with E-state index >= 15 is 0 Å². The lowest BCUT2D eigenvalue weighted by Crippen LogP contribution is -2.27. The minimum atomic E-state index is -0.164. The van der Waals surface area contributed by atoms with Crippen LogP contribution in [0.1, 0.15) is 40.1 Å². The number of carbonyl (C=O) groups excluding carboxylic acids is 1. The van der Waals surface area contributed by atoms with Gasteiger partial charge < -0.3 is 10.6 Å². The summed E-state index contributed by atoms with van der Waals surface area (Å²) >= 11 is 7.60. The molecular weight excluding hydrogens is 306 g/mol. The number of hydrogen-bond acceptors (Lipinski definition) is 4. The van der Waals surface area contributed by atoms with E-state index in [1.807, 2.05) is 13.1 Å². The predicted molar refractivity (Wildman–Crippen MR) is 88.4 cm³/mol. The first-order chi connectivity index (χ1) is 10.0. The molecule has 1 aromatic carbocycles. The lowest BCUT2D eigenvalue weighted by Gasteiger charge is -2.14. The number of carbonyl (C=O) groups is 1. The van der Waals surface area contributed by atoms with Crippen LogP contribution in [0, 0.1) is 0 Å². The fourth-order valence-corrected chi connectivity index (χ4v) is 2.98. The van der Waals surface area contributed by atoms with Crippen molar-refractivity contribution < 1.29 is 4.79 Å². The van der Waals surface area contributed by atoms with Crippen LogP contribution in [0.2, 0.25) is 5.02 Å². The molecular formula is C15H18ClN3OS. The molecule has 1 unspecified atom stereocenters. The highest BCUT2D eigenvalue weighted by Crippen LogP contribution is 2.23. The first-order valence-electron chi connectivity index (χ1n) is 6.78. The molecule has 0 fully saturated rings. The van der Waals surface area contributed by atoms with E-state index in [-0.39, 0.29) is 11.9 Å². The summed E-state index contributed by atoms with van der Waals surface area (Å²) in [5, 5.41) is 7.41. The van der Waals surface area contributed by atoms with Gasteiger partial charge in [-0.25, -0.2) is 4.98 Å². The van der Waals surface area contributed by atoms with Gasteiger partial charge in [0.05, 0.1) is 11.6 Å².